The molecule has 1 aromatic rings. The van der Waals surface area contributed by atoms with Crippen LogP contribution >= 0.6 is 11.3 Å². The molecule has 7 nitrogen and oxygen atoms in total. The number of guanidine groups is 1. The van der Waals surface area contributed by atoms with Crippen molar-refractivity contribution in [1.29, 1.82) is 5.26 Å². The van der Waals surface area contributed by atoms with Crippen LogP contribution in [0, 0.1) is 11.5 Å². The van der Waals surface area contributed by atoms with E-state index in [4.69, 9.17) is 14.7 Å². The van der Waals surface area contributed by atoms with Gasteiger partial charge in [-0.05, 0) is 0 Å². The topological polar surface area (TPSA) is 82.8 Å². The molecule has 0 aromatic carbocycles. The van der Waals surface area contributed by atoms with E-state index in [9.17, 15) is 0 Å². The number of rotatable bonds is 4. The summed E-state index contributed by atoms with van der Waals surface area (Å²) in [7, 11) is 3.18. The van der Waals surface area contributed by atoms with E-state index in [1.165, 1.54) is 0 Å². The molecule has 0 spiro atoms. The predicted molar refractivity (Wildman–Crippen MR) is 70.3 cm³/mol. The van der Waals surface area contributed by atoms with Crippen LogP contribution in [-0.2, 0) is 16.0 Å². The van der Waals surface area contributed by atoms with E-state index in [2.05, 4.69) is 15.3 Å². The van der Waals surface area contributed by atoms with Crippen molar-refractivity contribution in [3.63, 3.8) is 0 Å². The van der Waals surface area contributed by atoms with E-state index in [1.54, 1.807) is 37.3 Å². The summed E-state index contributed by atoms with van der Waals surface area (Å²) < 4.78 is 10.8. The van der Waals surface area contributed by atoms with Crippen molar-refractivity contribution in [3.8, 4) is 6.19 Å². The van der Waals surface area contributed by atoms with Crippen LogP contribution in [0.1, 0.15) is 4.88 Å². The second-order valence-electron chi connectivity index (χ2n) is 4.02. The molecule has 0 amide bonds. The third-order valence-electron chi connectivity index (χ3n) is 2.94. The Bertz CT molecular complexity index is 478. The Morgan fingerprint density at radius 3 is 2.95 bits per heavy atom. The molecule has 0 unspecified atom stereocenters. The molecule has 2 rings (SSSR count). The van der Waals surface area contributed by atoms with Gasteiger partial charge < -0.3 is 14.4 Å². The van der Waals surface area contributed by atoms with Crippen molar-refractivity contribution in [2.75, 3.05) is 27.3 Å². The molecule has 1 aliphatic rings. The average Bonchev–Trinajstić information content (AvgIpc) is 2.94. The summed E-state index contributed by atoms with van der Waals surface area (Å²) in [5.41, 5.74) is 1.77. The number of thiazole rings is 1. The zero-order valence-electron chi connectivity index (χ0n) is 10.8. The first-order valence-electron chi connectivity index (χ1n) is 5.65. The lowest BCUT2D eigenvalue weighted by molar-refractivity contribution is -0.208. The normalized spacial score (nSPS) is 17.7. The van der Waals surface area contributed by atoms with Crippen LogP contribution in [0.4, 0.5) is 0 Å². The van der Waals surface area contributed by atoms with Crippen LogP contribution < -0.4 is 5.32 Å². The van der Waals surface area contributed by atoms with Gasteiger partial charge in [0.15, 0.2) is 6.19 Å². The van der Waals surface area contributed by atoms with Gasteiger partial charge >= 0.3 is 0 Å². The zero-order valence-corrected chi connectivity index (χ0v) is 11.6. The molecule has 0 saturated carbocycles. The zero-order chi connectivity index (χ0) is 13.7. The molecule has 1 aromatic heterocycles. The van der Waals surface area contributed by atoms with Crippen LogP contribution in [0.2, 0.25) is 0 Å². The van der Waals surface area contributed by atoms with Gasteiger partial charge in [-0.2, -0.15) is 5.26 Å². The molecule has 2 heterocycles. The maximum atomic E-state index is 8.77. The fourth-order valence-electron chi connectivity index (χ4n) is 1.86. The SMILES string of the molecule is COC1(OC)CN=C(NC#N)N(Cc2cncs2)C1. The van der Waals surface area contributed by atoms with Gasteiger partial charge in [0.2, 0.25) is 11.7 Å². The van der Waals surface area contributed by atoms with Crippen LogP contribution in [0.25, 0.3) is 0 Å². The Morgan fingerprint density at radius 2 is 2.37 bits per heavy atom. The van der Waals surface area contributed by atoms with Gasteiger partial charge in [-0.3, -0.25) is 10.3 Å². The molecule has 0 saturated heterocycles. The Morgan fingerprint density at radius 1 is 1.58 bits per heavy atom. The molecule has 0 fully saturated rings. The molecule has 0 atom stereocenters. The number of aromatic nitrogens is 1. The fraction of sp³-hybridized carbons (Fsp3) is 0.545. The van der Waals surface area contributed by atoms with Crippen LogP contribution in [0.5, 0.6) is 0 Å². The summed E-state index contributed by atoms with van der Waals surface area (Å²) in [6.45, 7) is 1.45. The minimum Gasteiger partial charge on any atom is -0.350 e. The fourth-order valence-corrected chi connectivity index (χ4v) is 2.47. The average molecular weight is 281 g/mol. The van der Waals surface area contributed by atoms with Crippen LogP contribution in [0.15, 0.2) is 16.7 Å². The number of hydrogen-bond acceptors (Lipinski definition) is 8. The molecular formula is C11H15N5O2S. The Hall–Kier alpha value is -1.69. The molecule has 1 N–H and O–H groups in total. The van der Waals surface area contributed by atoms with Crippen molar-refractivity contribution in [3.05, 3.63) is 16.6 Å². The smallest absolute Gasteiger partial charge is 0.208 e. The number of nitrogens with zero attached hydrogens (tertiary/aromatic N) is 4. The molecule has 0 bridgehead atoms. The molecule has 102 valence electrons. The largest absolute Gasteiger partial charge is 0.350 e. The van der Waals surface area contributed by atoms with Gasteiger partial charge in [0.05, 0.1) is 25.1 Å². The van der Waals surface area contributed by atoms with Gasteiger partial charge in [-0.15, -0.1) is 11.3 Å². The molecule has 0 aliphatic carbocycles. The summed E-state index contributed by atoms with van der Waals surface area (Å²) in [6.07, 6.45) is 3.69. The highest BCUT2D eigenvalue weighted by molar-refractivity contribution is 7.09. The number of nitriles is 1. The standard InChI is InChI=1S/C11H15N5O2S/c1-17-11(18-2)5-14-10(15-7-12)16(6-11)4-9-3-13-8-19-9/h3,8H,4-6H2,1-2H3,(H,14,15). The van der Waals surface area contributed by atoms with E-state index in [1.807, 2.05) is 11.1 Å². The summed E-state index contributed by atoms with van der Waals surface area (Å²) in [4.78, 5) is 11.3. The minimum atomic E-state index is -0.772. The Labute approximate surface area is 115 Å². The highest BCUT2D eigenvalue weighted by Crippen LogP contribution is 2.21. The van der Waals surface area contributed by atoms with Crippen LogP contribution in [-0.4, -0.2) is 48.9 Å². The third kappa shape index (κ3) is 3.01. The summed E-state index contributed by atoms with van der Waals surface area (Å²) in [6, 6.07) is 0. The Balaban J connectivity index is 2.18. The number of ether oxygens (including phenoxy) is 2. The molecule has 1 aliphatic heterocycles. The molecular weight excluding hydrogens is 266 g/mol. The monoisotopic (exact) mass is 281 g/mol. The number of methoxy groups -OCH3 is 2. The van der Waals surface area contributed by atoms with Crippen molar-refractivity contribution in [1.82, 2.24) is 15.2 Å². The summed E-state index contributed by atoms with van der Waals surface area (Å²) >= 11 is 1.55. The van der Waals surface area contributed by atoms with E-state index in [0.717, 1.165) is 4.88 Å². The maximum absolute atomic E-state index is 8.77. The highest BCUT2D eigenvalue weighted by atomic mass is 32.1. The van der Waals surface area contributed by atoms with E-state index >= 15 is 0 Å². The molecule has 19 heavy (non-hydrogen) atoms. The first-order chi connectivity index (χ1) is 9.23. The van der Waals surface area contributed by atoms with E-state index < -0.39 is 5.79 Å². The van der Waals surface area contributed by atoms with E-state index in [-0.39, 0.29) is 0 Å². The number of nitrogens with one attached hydrogen (secondary N) is 1. The predicted octanol–water partition coefficient (Wildman–Crippen LogP) is 0.374. The first kappa shape index (κ1) is 13.7. The van der Waals surface area contributed by atoms with Gasteiger partial charge in [-0.25, -0.2) is 4.99 Å². The summed E-state index contributed by atoms with van der Waals surface area (Å²) in [5.74, 6) is -0.244. The number of aliphatic imine (C=N–C) groups is 1. The lowest BCUT2D eigenvalue weighted by Crippen LogP contribution is -2.56. The lowest BCUT2D eigenvalue weighted by Gasteiger charge is -2.39. The maximum Gasteiger partial charge on any atom is 0.208 e. The van der Waals surface area contributed by atoms with Crippen molar-refractivity contribution < 1.29 is 9.47 Å². The van der Waals surface area contributed by atoms with Gasteiger partial charge in [-0.1, -0.05) is 0 Å². The van der Waals surface area contributed by atoms with Crippen molar-refractivity contribution in [2.24, 2.45) is 4.99 Å². The second-order valence-corrected chi connectivity index (χ2v) is 4.99. The van der Waals surface area contributed by atoms with Gasteiger partial charge in [0.1, 0.15) is 0 Å². The molecule has 8 heteroatoms. The lowest BCUT2D eigenvalue weighted by atomic mass is 10.2. The molecule has 0 radical (unpaired) electrons. The van der Waals surface area contributed by atoms with Gasteiger partial charge in [0, 0.05) is 25.3 Å². The van der Waals surface area contributed by atoms with Crippen molar-refractivity contribution in [2.45, 2.75) is 12.3 Å². The van der Waals surface area contributed by atoms with Crippen LogP contribution in [0.3, 0.4) is 0 Å². The first-order valence-corrected chi connectivity index (χ1v) is 6.53. The third-order valence-corrected chi connectivity index (χ3v) is 3.71. The number of hydrogen-bond donors (Lipinski definition) is 1. The van der Waals surface area contributed by atoms with Crippen molar-refractivity contribution >= 4 is 17.3 Å². The Kier molecular flexibility index (Phi) is 4.31. The quantitative estimate of drug-likeness (QED) is 0.488. The highest BCUT2D eigenvalue weighted by Gasteiger charge is 2.37. The summed E-state index contributed by atoms with van der Waals surface area (Å²) in [5, 5.41) is 11.4. The van der Waals surface area contributed by atoms with Gasteiger partial charge in [0.25, 0.3) is 0 Å². The van der Waals surface area contributed by atoms with E-state index in [0.29, 0.717) is 25.6 Å². The minimum absolute atomic E-state index is 0.350. The second kappa shape index (κ2) is 5.97.